The molecule has 2 rings (SSSR count). The number of nitro benzene ring substituents is 1. The lowest BCUT2D eigenvalue weighted by Gasteiger charge is -2.16. The van der Waals surface area contributed by atoms with Crippen LogP contribution in [0.15, 0.2) is 42.5 Å². The minimum Gasteiger partial charge on any atom is -0.508 e. The number of hydrogen-bond donors (Lipinski definition) is 3. The lowest BCUT2D eigenvalue weighted by atomic mass is 10.1. The van der Waals surface area contributed by atoms with Crippen molar-refractivity contribution in [3.63, 3.8) is 0 Å². The van der Waals surface area contributed by atoms with Crippen LogP contribution in [0.4, 0.5) is 11.4 Å². The van der Waals surface area contributed by atoms with Gasteiger partial charge in [0.2, 0.25) is 0 Å². The molecule has 0 amide bonds. The Hall–Kier alpha value is -2.76. The second kappa shape index (κ2) is 5.48. The van der Waals surface area contributed by atoms with Gasteiger partial charge in [-0.2, -0.15) is 0 Å². The van der Waals surface area contributed by atoms with Crippen LogP contribution in [0.3, 0.4) is 0 Å². The SMILES string of the molecule is CC(Nc1cccc([N+](=O)[O-])c1)c1ccc(O)cc1O. The molecule has 0 aromatic heterocycles. The summed E-state index contributed by atoms with van der Waals surface area (Å²) < 4.78 is 0. The Morgan fingerprint density at radius 1 is 1.20 bits per heavy atom. The molecule has 0 saturated heterocycles. The third-order valence-electron chi connectivity index (χ3n) is 2.92. The number of phenols is 2. The van der Waals surface area contributed by atoms with E-state index in [9.17, 15) is 20.3 Å². The maximum absolute atomic E-state index is 10.7. The fraction of sp³-hybridized carbons (Fsp3) is 0.143. The van der Waals surface area contributed by atoms with Crippen molar-refractivity contribution >= 4 is 11.4 Å². The molecular weight excluding hydrogens is 260 g/mol. The lowest BCUT2D eigenvalue weighted by molar-refractivity contribution is -0.384. The summed E-state index contributed by atoms with van der Waals surface area (Å²) in [5.41, 5.74) is 1.17. The second-order valence-electron chi connectivity index (χ2n) is 4.42. The highest BCUT2D eigenvalue weighted by molar-refractivity contribution is 5.53. The number of nitro groups is 1. The molecule has 0 radical (unpaired) electrons. The van der Waals surface area contributed by atoms with Gasteiger partial charge in [0.05, 0.1) is 11.0 Å². The van der Waals surface area contributed by atoms with Crippen molar-refractivity contribution in [3.05, 3.63) is 58.1 Å². The summed E-state index contributed by atoms with van der Waals surface area (Å²) in [4.78, 5) is 10.2. The minimum atomic E-state index is -0.464. The lowest BCUT2D eigenvalue weighted by Crippen LogP contribution is -2.07. The number of hydrogen-bond acceptors (Lipinski definition) is 5. The van der Waals surface area contributed by atoms with Gasteiger partial charge in [0.15, 0.2) is 0 Å². The number of aromatic hydroxyl groups is 2. The number of rotatable bonds is 4. The van der Waals surface area contributed by atoms with Crippen molar-refractivity contribution in [1.82, 2.24) is 0 Å². The Balaban J connectivity index is 2.21. The zero-order chi connectivity index (χ0) is 14.7. The summed E-state index contributed by atoms with van der Waals surface area (Å²) >= 11 is 0. The van der Waals surface area contributed by atoms with Gasteiger partial charge in [-0.3, -0.25) is 10.1 Å². The van der Waals surface area contributed by atoms with Crippen molar-refractivity contribution in [2.24, 2.45) is 0 Å². The van der Waals surface area contributed by atoms with Crippen molar-refractivity contribution in [2.45, 2.75) is 13.0 Å². The molecule has 0 bridgehead atoms. The summed E-state index contributed by atoms with van der Waals surface area (Å²) in [6.45, 7) is 1.81. The largest absolute Gasteiger partial charge is 0.508 e. The zero-order valence-electron chi connectivity index (χ0n) is 10.8. The Morgan fingerprint density at radius 2 is 1.95 bits per heavy atom. The van der Waals surface area contributed by atoms with Gasteiger partial charge in [0, 0.05) is 29.4 Å². The van der Waals surface area contributed by atoms with E-state index in [4.69, 9.17) is 0 Å². The highest BCUT2D eigenvalue weighted by Crippen LogP contribution is 2.30. The predicted molar refractivity (Wildman–Crippen MR) is 74.9 cm³/mol. The average molecular weight is 274 g/mol. The first kappa shape index (κ1) is 13.7. The molecule has 20 heavy (non-hydrogen) atoms. The van der Waals surface area contributed by atoms with Crippen LogP contribution in [-0.4, -0.2) is 15.1 Å². The summed E-state index contributed by atoms with van der Waals surface area (Å²) in [7, 11) is 0. The molecule has 0 aliphatic carbocycles. The first-order valence-corrected chi connectivity index (χ1v) is 6.00. The first-order chi connectivity index (χ1) is 9.47. The first-order valence-electron chi connectivity index (χ1n) is 6.00. The second-order valence-corrected chi connectivity index (χ2v) is 4.42. The van der Waals surface area contributed by atoms with Crippen LogP contribution >= 0.6 is 0 Å². The third kappa shape index (κ3) is 2.97. The molecule has 0 aliphatic rings. The van der Waals surface area contributed by atoms with Gasteiger partial charge in [-0.1, -0.05) is 6.07 Å². The monoisotopic (exact) mass is 274 g/mol. The number of nitrogens with one attached hydrogen (secondary N) is 1. The van der Waals surface area contributed by atoms with Crippen LogP contribution in [0.5, 0.6) is 11.5 Å². The molecule has 3 N–H and O–H groups in total. The van der Waals surface area contributed by atoms with E-state index in [1.165, 1.54) is 24.3 Å². The number of nitrogens with zero attached hydrogens (tertiary/aromatic N) is 1. The molecule has 6 heteroatoms. The van der Waals surface area contributed by atoms with Crippen LogP contribution in [0.2, 0.25) is 0 Å². The Bertz CT molecular complexity index is 643. The molecule has 1 atom stereocenters. The number of non-ortho nitro benzene ring substituents is 1. The van der Waals surface area contributed by atoms with Crippen LogP contribution in [-0.2, 0) is 0 Å². The molecule has 0 fully saturated rings. The van der Waals surface area contributed by atoms with Crippen LogP contribution in [0, 0.1) is 10.1 Å². The van der Waals surface area contributed by atoms with E-state index in [1.807, 2.05) is 6.92 Å². The topological polar surface area (TPSA) is 95.6 Å². The molecule has 0 aliphatic heterocycles. The van der Waals surface area contributed by atoms with E-state index in [-0.39, 0.29) is 23.2 Å². The molecule has 104 valence electrons. The van der Waals surface area contributed by atoms with Gasteiger partial charge < -0.3 is 15.5 Å². The molecule has 0 heterocycles. The predicted octanol–water partition coefficient (Wildman–Crippen LogP) is 3.18. The van der Waals surface area contributed by atoms with Gasteiger partial charge >= 0.3 is 0 Å². The highest BCUT2D eigenvalue weighted by Gasteiger charge is 2.12. The Morgan fingerprint density at radius 3 is 2.60 bits per heavy atom. The quantitative estimate of drug-likeness (QED) is 0.587. The fourth-order valence-corrected chi connectivity index (χ4v) is 1.94. The molecule has 2 aromatic carbocycles. The standard InChI is InChI=1S/C14H14N2O4/c1-9(13-6-5-12(17)8-14(13)18)15-10-3-2-4-11(7-10)16(19)20/h2-9,15,17-18H,1H3. The van der Waals surface area contributed by atoms with Gasteiger partial charge in [0.25, 0.3) is 5.69 Å². The van der Waals surface area contributed by atoms with E-state index in [0.717, 1.165) is 0 Å². The van der Waals surface area contributed by atoms with Crippen molar-refractivity contribution < 1.29 is 15.1 Å². The fourth-order valence-electron chi connectivity index (χ4n) is 1.94. The van der Waals surface area contributed by atoms with Crippen molar-refractivity contribution in [2.75, 3.05) is 5.32 Å². The summed E-state index contributed by atoms with van der Waals surface area (Å²) in [6.07, 6.45) is 0. The maximum Gasteiger partial charge on any atom is 0.271 e. The Kier molecular flexibility index (Phi) is 3.74. The number of phenolic OH excluding ortho intramolecular Hbond substituents is 2. The summed E-state index contributed by atoms with van der Waals surface area (Å²) in [5, 5.41) is 32.8. The summed E-state index contributed by atoms with van der Waals surface area (Å²) in [5.74, 6) is -0.0516. The third-order valence-corrected chi connectivity index (χ3v) is 2.92. The zero-order valence-corrected chi connectivity index (χ0v) is 10.8. The van der Waals surface area contributed by atoms with Gasteiger partial charge in [-0.15, -0.1) is 0 Å². The molecule has 6 nitrogen and oxygen atoms in total. The molecular formula is C14H14N2O4. The molecule has 0 spiro atoms. The Labute approximate surface area is 115 Å². The van der Waals surface area contributed by atoms with Crippen LogP contribution < -0.4 is 5.32 Å². The van der Waals surface area contributed by atoms with E-state index in [0.29, 0.717) is 11.3 Å². The number of anilines is 1. The van der Waals surface area contributed by atoms with Gasteiger partial charge in [-0.25, -0.2) is 0 Å². The highest BCUT2D eigenvalue weighted by atomic mass is 16.6. The van der Waals surface area contributed by atoms with E-state index in [2.05, 4.69) is 5.32 Å². The van der Waals surface area contributed by atoms with E-state index in [1.54, 1.807) is 18.2 Å². The van der Waals surface area contributed by atoms with E-state index >= 15 is 0 Å². The van der Waals surface area contributed by atoms with Crippen LogP contribution in [0.25, 0.3) is 0 Å². The maximum atomic E-state index is 10.7. The smallest absolute Gasteiger partial charge is 0.271 e. The van der Waals surface area contributed by atoms with Gasteiger partial charge in [0.1, 0.15) is 11.5 Å². The molecule has 1 unspecified atom stereocenters. The van der Waals surface area contributed by atoms with Crippen LogP contribution in [0.1, 0.15) is 18.5 Å². The number of benzene rings is 2. The normalized spacial score (nSPS) is 11.8. The molecule has 0 saturated carbocycles. The van der Waals surface area contributed by atoms with Crippen molar-refractivity contribution in [3.8, 4) is 11.5 Å². The molecule has 2 aromatic rings. The minimum absolute atomic E-state index is 0.00266. The van der Waals surface area contributed by atoms with Crippen molar-refractivity contribution in [1.29, 1.82) is 0 Å². The average Bonchev–Trinajstić information content (AvgIpc) is 2.38. The van der Waals surface area contributed by atoms with E-state index < -0.39 is 4.92 Å². The van der Waals surface area contributed by atoms with Gasteiger partial charge in [-0.05, 0) is 25.1 Å². The summed E-state index contributed by atoms with van der Waals surface area (Å²) in [6, 6.07) is 10.2.